The summed E-state index contributed by atoms with van der Waals surface area (Å²) in [6, 6.07) is 11.6. The number of fused-ring (bicyclic) bond motifs is 1. The highest BCUT2D eigenvalue weighted by molar-refractivity contribution is 6.06. The standard InChI is InChI=1S/C20H19N3O2/c1-12(2)20(25)23-17-6-4-5-14(13(17)3)15-7-8-18(22-11-24)19-16(15)9-10-21-19/h4-11,21H,1H2,2-3H3,(H,22,24)(H,23,25). The summed E-state index contributed by atoms with van der Waals surface area (Å²) in [5, 5.41) is 6.59. The number of nitrogens with one attached hydrogen (secondary N) is 3. The molecule has 0 unspecified atom stereocenters. The summed E-state index contributed by atoms with van der Waals surface area (Å²) < 4.78 is 0. The highest BCUT2D eigenvalue weighted by atomic mass is 16.1. The van der Waals surface area contributed by atoms with Gasteiger partial charge in [-0.3, -0.25) is 9.59 Å². The van der Waals surface area contributed by atoms with Crippen LogP contribution in [0.5, 0.6) is 0 Å². The molecule has 3 aromatic rings. The minimum Gasteiger partial charge on any atom is -0.359 e. The van der Waals surface area contributed by atoms with Gasteiger partial charge < -0.3 is 15.6 Å². The molecule has 126 valence electrons. The number of hydrogen-bond donors (Lipinski definition) is 3. The first kappa shape index (κ1) is 16.5. The second-order valence-corrected chi connectivity index (χ2v) is 5.90. The molecule has 25 heavy (non-hydrogen) atoms. The van der Waals surface area contributed by atoms with Crippen LogP contribution in [0.2, 0.25) is 0 Å². The van der Waals surface area contributed by atoms with Crippen LogP contribution in [0.1, 0.15) is 12.5 Å². The summed E-state index contributed by atoms with van der Waals surface area (Å²) in [5.41, 5.74) is 5.81. The lowest BCUT2D eigenvalue weighted by molar-refractivity contribution is -0.112. The molecule has 5 heteroatoms. The third-order valence-corrected chi connectivity index (χ3v) is 4.20. The molecule has 5 nitrogen and oxygen atoms in total. The summed E-state index contributed by atoms with van der Waals surface area (Å²) in [5.74, 6) is -0.197. The fourth-order valence-corrected chi connectivity index (χ4v) is 2.87. The molecule has 1 aromatic heterocycles. The normalized spacial score (nSPS) is 10.5. The van der Waals surface area contributed by atoms with Gasteiger partial charge in [0.05, 0.1) is 11.2 Å². The van der Waals surface area contributed by atoms with Crippen LogP contribution in [0, 0.1) is 6.92 Å². The topological polar surface area (TPSA) is 74.0 Å². The molecule has 0 radical (unpaired) electrons. The molecule has 3 N–H and O–H groups in total. The fourth-order valence-electron chi connectivity index (χ4n) is 2.87. The molecule has 3 rings (SSSR count). The predicted molar refractivity (Wildman–Crippen MR) is 102 cm³/mol. The SMILES string of the molecule is C=C(C)C(=O)Nc1cccc(-c2ccc(NC=O)c3[nH]ccc23)c1C. The van der Waals surface area contributed by atoms with Gasteiger partial charge >= 0.3 is 0 Å². The van der Waals surface area contributed by atoms with Crippen molar-refractivity contribution in [3.63, 3.8) is 0 Å². The maximum atomic E-state index is 11.9. The van der Waals surface area contributed by atoms with Gasteiger partial charge in [-0.25, -0.2) is 0 Å². The molecule has 0 aliphatic rings. The van der Waals surface area contributed by atoms with Crippen molar-refractivity contribution in [2.75, 3.05) is 10.6 Å². The van der Waals surface area contributed by atoms with E-state index in [-0.39, 0.29) is 5.91 Å². The van der Waals surface area contributed by atoms with Crippen molar-refractivity contribution in [2.45, 2.75) is 13.8 Å². The average molecular weight is 333 g/mol. The number of amides is 2. The van der Waals surface area contributed by atoms with Crippen LogP contribution in [-0.4, -0.2) is 17.3 Å². The Kier molecular flexibility index (Phi) is 4.39. The number of aromatic amines is 1. The van der Waals surface area contributed by atoms with Crippen molar-refractivity contribution in [2.24, 2.45) is 0 Å². The highest BCUT2D eigenvalue weighted by Gasteiger charge is 2.13. The Morgan fingerprint density at radius 3 is 2.64 bits per heavy atom. The van der Waals surface area contributed by atoms with E-state index in [0.29, 0.717) is 12.0 Å². The van der Waals surface area contributed by atoms with Gasteiger partial charge in [-0.2, -0.15) is 0 Å². The summed E-state index contributed by atoms with van der Waals surface area (Å²) in [6.45, 7) is 7.32. The van der Waals surface area contributed by atoms with Gasteiger partial charge in [0.2, 0.25) is 6.41 Å². The maximum absolute atomic E-state index is 11.9. The lowest BCUT2D eigenvalue weighted by Crippen LogP contribution is -2.12. The summed E-state index contributed by atoms with van der Waals surface area (Å²) >= 11 is 0. The number of aromatic nitrogens is 1. The smallest absolute Gasteiger partial charge is 0.250 e. The molecule has 0 aliphatic heterocycles. The van der Waals surface area contributed by atoms with E-state index in [0.717, 1.165) is 39.0 Å². The maximum Gasteiger partial charge on any atom is 0.250 e. The number of hydrogen-bond acceptors (Lipinski definition) is 2. The molecular formula is C20H19N3O2. The molecule has 0 spiro atoms. The first-order chi connectivity index (χ1) is 12.0. The lowest BCUT2D eigenvalue weighted by Gasteiger charge is -2.14. The van der Waals surface area contributed by atoms with Crippen molar-refractivity contribution in [3.8, 4) is 11.1 Å². The van der Waals surface area contributed by atoms with Crippen molar-refractivity contribution >= 4 is 34.6 Å². The van der Waals surface area contributed by atoms with Crippen molar-refractivity contribution in [3.05, 3.63) is 60.3 Å². The third-order valence-electron chi connectivity index (χ3n) is 4.20. The molecular weight excluding hydrogens is 314 g/mol. The summed E-state index contributed by atoms with van der Waals surface area (Å²) in [4.78, 5) is 25.9. The Balaban J connectivity index is 2.11. The van der Waals surface area contributed by atoms with Gasteiger partial charge in [-0.15, -0.1) is 0 Å². The molecule has 2 aromatic carbocycles. The number of rotatable bonds is 5. The number of carbonyl (C=O) groups is 2. The molecule has 1 heterocycles. The Labute approximate surface area is 145 Å². The number of H-pyrrole nitrogens is 1. The first-order valence-corrected chi connectivity index (χ1v) is 7.90. The summed E-state index contributed by atoms with van der Waals surface area (Å²) in [6.07, 6.45) is 2.50. The monoisotopic (exact) mass is 333 g/mol. The van der Waals surface area contributed by atoms with Crippen molar-refractivity contribution in [1.29, 1.82) is 0 Å². The Morgan fingerprint density at radius 2 is 1.92 bits per heavy atom. The Bertz CT molecular complexity index is 986. The number of benzene rings is 2. The second kappa shape index (κ2) is 6.65. The Hall–Kier alpha value is -3.34. The van der Waals surface area contributed by atoms with Gasteiger partial charge in [0.1, 0.15) is 0 Å². The molecule has 0 bridgehead atoms. The summed E-state index contributed by atoms with van der Waals surface area (Å²) in [7, 11) is 0. The molecule has 0 saturated heterocycles. The molecule has 0 atom stereocenters. The lowest BCUT2D eigenvalue weighted by atomic mass is 9.96. The number of carbonyl (C=O) groups excluding carboxylic acids is 2. The van der Waals surface area contributed by atoms with Crippen LogP contribution in [0.25, 0.3) is 22.0 Å². The van der Waals surface area contributed by atoms with E-state index < -0.39 is 0 Å². The van der Waals surface area contributed by atoms with Crippen LogP contribution in [0.3, 0.4) is 0 Å². The zero-order chi connectivity index (χ0) is 18.0. The van der Waals surface area contributed by atoms with Crippen molar-refractivity contribution in [1.82, 2.24) is 4.98 Å². The van der Waals surface area contributed by atoms with Crippen LogP contribution >= 0.6 is 0 Å². The Morgan fingerprint density at radius 1 is 1.12 bits per heavy atom. The van der Waals surface area contributed by atoms with E-state index in [9.17, 15) is 9.59 Å². The minimum atomic E-state index is -0.197. The molecule has 2 amide bonds. The molecule has 0 aliphatic carbocycles. The molecule has 0 fully saturated rings. The van der Waals surface area contributed by atoms with E-state index >= 15 is 0 Å². The average Bonchev–Trinajstić information content (AvgIpc) is 3.07. The van der Waals surface area contributed by atoms with Gasteiger partial charge in [-0.1, -0.05) is 24.8 Å². The second-order valence-electron chi connectivity index (χ2n) is 5.90. The van der Waals surface area contributed by atoms with Crippen LogP contribution in [0.15, 0.2) is 54.7 Å². The van der Waals surface area contributed by atoms with Gasteiger partial charge in [0.15, 0.2) is 0 Å². The predicted octanol–water partition coefficient (Wildman–Crippen LogP) is 4.23. The van der Waals surface area contributed by atoms with E-state index in [1.54, 1.807) is 6.92 Å². The van der Waals surface area contributed by atoms with E-state index in [1.165, 1.54) is 0 Å². The first-order valence-electron chi connectivity index (χ1n) is 7.90. The highest BCUT2D eigenvalue weighted by Crippen LogP contribution is 2.36. The van der Waals surface area contributed by atoms with Gasteiger partial charge in [0, 0.05) is 22.8 Å². The minimum absolute atomic E-state index is 0.197. The van der Waals surface area contributed by atoms with Crippen molar-refractivity contribution < 1.29 is 9.59 Å². The largest absolute Gasteiger partial charge is 0.359 e. The van der Waals surface area contributed by atoms with Crippen LogP contribution in [-0.2, 0) is 9.59 Å². The van der Waals surface area contributed by atoms with E-state index in [2.05, 4.69) is 22.2 Å². The van der Waals surface area contributed by atoms with Gasteiger partial charge in [-0.05, 0) is 48.7 Å². The van der Waals surface area contributed by atoms with E-state index in [4.69, 9.17) is 0 Å². The fraction of sp³-hybridized carbons (Fsp3) is 0.100. The zero-order valence-corrected chi connectivity index (χ0v) is 14.1. The van der Waals surface area contributed by atoms with Crippen LogP contribution < -0.4 is 10.6 Å². The van der Waals surface area contributed by atoms with Crippen LogP contribution in [0.4, 0.5) is 11.4 Å². The van der Waals surface area contributed by atoms with E-state index in [1.807, 2.05) is 49.5 Å². The van der Waals surface area contributed by atoms with Gasteiger partial charge in [0.25, 0.3) is 5.91 Å². The zero-order valence-electron chi connectivity index (χ0n) is 14.1. The quantitative estimate of drug-likeness (QED) is 0.483. The third kappa shape index (κ3) is 3.04. The molecule has 0 saturated carbocycles. The number of anilines is 2.